The maximum atomic E-state index is 12.9. The van der Waals surface area contributed by atoms with E-state index in [1.165, 1.54) is 0 Å². The average Bonchev–Trinajstić information content (AvgIpc) is 3.11. The van der Waals surface area contributed by atoms with Crippen LogP contribution >= 0.6 is 0 Å². The Kier molecular flexibility index (Phi) is 3.82. The van der Waals surface area contributed by atoms with Crippen molar-refractivity contribution in [3.63, 3.8) is 0 Å². The number of nitrogens with zero attached hydrogens (tertiary/aromatic N) is 4. The summed E-state index contributed by atoms with van der Waals surface area (Å²) in [6.07, 6.45) is 3.62. The molecule has 1 fully saturated rings. The van der Waals surface area contributed by atoms with Gasteiger partial charge in [-0.15, -0.1) is 5.10 Å². The number of rotatable bonds is 3. The third-order valence-electron chi connectivity index (χ3n) is 4.31. The molecule has 2 aromatic heterocycles. The monoisotopic (exact) mass is 322 g/mol. The lowest BCUT2D eigenvalue weighted by Crippen LogP contribution is -2.45. The maximum absolute atomic E-state index is 12.9. The third kappa shape index (κ3) is 2.80. The van der Waals surface area contributed by atoms with Crippen molar-refractivity contribution in [2.75, 3.05) is 18.4 Å². The number of benzene rings is 1. The van der Waals surface area contributed by atoms with Crippen LogP contribution in [0, 0.1) is 0 Å². The van der Waals surface area contributed by atoms with Crippen LogP contribution in [0.15, 0.2) is 42.6 Å². The molecule has 7 heteroatoms. The first kappa shape index (κ1) is 14.6. The van der Waals surface area contributed by atoms with Crippen LogP contribution in [0.3, 0.4) is 0 Å². The number of para-hydroxylation sites is 1. The molecule has 2 N–H and O–H groups in total. The Morgan fingerprint density at radius 3 is 2.96 bits per heavy atom. The van der Waals surface area contributed by atoms with Crippen LogP contribution in [-0.4, -0.2) is 50.3 Å². The predicted octanol–water partition coefficient (Wildman–Crippen LogP) is 2.07. The van der Waals surface area contributed by atoms with Gasteiger partial charge in [-0.25, -0.2) is 4.98 Å². The predicted molar refractivity (Wildman–Crippen MR) is 90.7 cm³/mol. The number of pyridine rings is 1. The zero-order valence-corrected chi connectivity index (χ0v) is 13.1. The van der Waals surface area contributed by atoms with Crippen molar-refractivity contribution in [2.45, 2.75) is 18.9 Å². The fourth-order valence-corrected chi connectivity index (χ4v) is 3.15. The summed E-state index contributed by atoms with van der Waals surface area (Å²) in [5.74, 6) is -0.0177. The van der Waals surface area contributed by atoms with E-state index in [1.54, 1.807) is 12.3 Å². The number of aromatic nitrogens is 4. The topological polar surface area (TPSA) is 86.8 Å². The van der Waals surface area contributed by atoms with Crippen LogP contribution in [-0.2, 0) is 0 Å². The van der Waals surface area contributed by atoms with Gasteiger partial charge in [0, 0.05) is 31.0 Å². The van der Waals surface area contributed by atoms with E-state index < -0.39 is 0 Å². The smallest absolute Gasteiger partial charge is 0.256 e. The molecule has 0 saturated carbocycles. The largest absolute Gasteiger partial charge is 0.381 e. The molecule has 3 heterocycles. The number of hydrogen-bond acceptors (Lipinski definition) is 5. The molecule has 1 aliphatic rings. The maximum Gasteiger partial charge on any atom is 0.256 e. The van der Waals surface area contributed by atoms with E-state index in [4.69, 9.17) is 0 Å². The molecule has 0 bridgehead atoms. The minimum atomic E-state index is -0.0177. The van der Waals surface area contributed by atoms with Gasteiger partial charge in [-0.1, -0.05) is 18.2 Å². The molecule has 1 atom stereocenters. The zero-order valence-electron chi connectivity index (χ0n) is 13.1. The number of fused-ring (bicyclic) bond motifs is 1. The third-order valence-corrected chi connectivity index (χ3v) is 4.31. The molecular weight excluding hydrogens is 304 g/mol. The molecule has 4 rings (SSSR count). The normalized spacial score (nSPS) is 17.8. The van der Waals surface area contributed by atoms with Crippen molar-refractivity contribution in [2.24, 2.45) is 0 Å². The number of piperidine rings is 1. The lowest BCUT2D eigenvalue weighted by atomic mass is 10.0. The van der Waals surface area contributed by atoms with Gasteiger partial charge in [-0.2, -0.15) is 10.3 Å². The minimum Gasteiger partial charge on any atom is -0.381 e. The quantitative estimate of drug-likeness (QED) is 0.771. The molecule has 1 aromatic carbocycles. The van der Waals surface area contributed by atoms with Gasteiger partial charge in [0.05, 0.1) is 5.56 Å². The first-order valence-electron chi connectivity index (χ1n) is 8.07. The number of nitrogens with one attached hydrogen (secondary N) is 2. The van der Waals surface area contributed by atoms with Gasteiger partial charge in [0.25, 0.3) is 5.91 Å². The Hall–Kier alpha value is -2.96. The van der Waals surface area contributed by atoms with Crippen LogP contribution in [0.25, 0.3) is 11.2 Å². The molecule has 7 nitrogen and oxygen atoms in total. The van der Waals surface area contributed by atoms with Gasteiger partial charge in [-0.05, 0) is 31.0 Å². The molecule has 0 aliphatic carbocycles. The standard InChI is InChI=1S/C17H18N6O/c24-17(14-8-9-18-16-15(14)20-22-21-16)23-10-4-7-13(11-23)19-12-5-2-1-3-6-12/h1-3,5-6,8-9,13,19H,4,7,10-11H2,(H,18,20,21,22)/t13-/m0/s1. The summed E-state index contributed by atoms with van der Waals surface area (Å²) in [4.78, 5) is 18.9. The van der Waals surface area contributed by atoms with Gasteiger partial charge in [0.15, 0.2) is 0 Å². The average molecular weight is 322 g/mol. The van der Waals surface area contributed by atoms with E-state index in [1.807, 2.05) is 35.2 Å². The second-order valence-electron chi connectivity index (χ2n) is 5.96. The first-order chi connectivity index (χ1) is 11.8. The van der Waals surface area contributed by atoms with Crippen LogP contribution < -0.4 is 5.32 Å². The minimum absolute atomic E-state index is 0.0177. The fourth-order valence-electron chi connectivity index (χ4n) is 3.15. The van der Waals surface area contributed by atoms with Crippen LogP contribution in [0.1, 0.15) is 23.2 Å². The summed E-state index contributed by atoms with van der Waals surface area (Å²) in [6, 6.07) is 12.1. The van der Waals surface area contributed by atoms with Crippen LogP contribution in [0.2, 0.25) is 0 Å². The van der Waals surface area contributed by atoms with Gasteiger partial charge >= 0.3 is 0 Å². The van der Waals surface area contributed by atoms with Gasteiger partial charge in [0.2, 0.25) is 5.65 Å². The van der Waals surface area contributed by atoms with E-state index in [0.29, 0.717) is 23.3 Å². The van der Waals surface area contributed by atoms with Crippen molar-refractivity contribution in [1.82, 2.24) is 25.3 Å². The first-order valence-corrected chi connectivity index (χ1v) is 8.07. The summed E-state index contributed by atoms with van der Waals surface area (Å²) >= 11 is 0. The molecule has 122 valence electrons. The highest BCUT2D eigenvalue weighted by Gasteiger charge is 2.26. The summed E-state index contributed by atoms with van der Waals surface area (Å²) in [6.45, 7) is 1.43. The number of likely N-dealkylation sites (tertiary alicyclic amines) is 1. The number of carbonyl (C=O) groups is 1. The summed E-state index contributed by atoms with van der Waals surface area (Å²) in [5, 5.41) is 14.0. The number of hydrogen-bond donors (Lipinski definition) is 2. The molecule has 1 aliphatic heterocycles. The van der Waals surface area contributed by atoms with E-state index in [0.717, 1.165) is 25.1 Å². The number of amides is 1. The lowest BCUT2D eigenvalue weighted by molar-refractivity contribution is 0.0716. The SMILES string of the molecule is O=C(c1ccnc2n[nH]nc12)N1CCC[C@H](Nc2ccccc2)C1. The van der Waals surface area contributed by atoms with Gasteiger partial charge in [-0.3, -0.25) is 4.79 Å². The van der Waals surface area contributed by atoms with E-state index in [9.17, 15) is 4.79 Å². The van der Waals surface area contributed by atoms with E-state index in [2.05, 4.69) is 25.7 Å². The van der Waals surface area contributed by atoms with Crippen molar-refractivity contribution in [3.8, 4) is 0 Å². The molecular formula is C17H18N6O. The lowest BCUT2D eigenvalue weighted by Gasteiger charge is -2.33. The summed E-state index contributed by atoms with van der Waals surface area (Å²) < 4.78 is 0. The molecule has 1 amide bonds. The number of H-pyrrole nitrogens is 1. The second-order valence-corrected chi connectivity index (χ2v) is 5.96. The van der Waals surface area contributed by atoms with Gasteiger partial charge < -0.3 is 10.2 Å². The molecule has 0 spiro atoms. The number of carbonyl (C=O) groups excluding carboxylic acids is 1. The van der Waals surface area contributed by atoms with Crippen molar-refractivity contribution < 1.29 is 4.79 Å². The zero-order chi connectivity index (χ0) is 16.4. The van der Waals surface area contributed by atoms with Crippen molar-refractivity contribution in [3.05, 3.63) is 48.2 Å². The number of anilines is 1. The Balaban J connectivity index is 1.51. The fraction of sp³-hybridized carbons (Fsp3) is 0.294. The second kappa shape index (κ2) is 6.27. The Bertz CT molecular complexity index is 846. The summed E-state index contributed by atoms with van der Waals surface area (Å²) in [7, 11) is 0. The molecule has 0 unspecified atom stereocenters. The van der Waals surface area contributed by atoms with Crippen LogP contribution in [0.4, 0.5) is 5.69 Å². The Morgan fingerprint density at radius 1 is 1.21 bits per heavy atom. The van der Waals surface area contributed by atoms with Crippen molar-refractivity contribution in [1.29, 1.82) is 0 Å². The highest BCUT2D eigenvalue weighted by Crippen LogP contribution is 2.20. The Morgan fingerprint density at radius 2 is 2.08 bits per heavy atom. The van der Waals surface area contributed by atoms with Crippen LogP contribution in [0.5, 0.6) is 0 Å². The molecule has 0 radical (unpaired) electrons. The highest BCUT2D eigenvalue weighted by atomic mass is 16.2. The van der Waals surface area contributed by atoms with Crippen molar-refractivity contribution >= 4 is 22.8 Å². The highest BCUT2D eigenvalue weighted by molar-refractivity contribution is 6.03. The number of aromatic amines is 1. The molecule has 1 saturated heterocycles. The summed E-state index contributed by atoms with van der Waals surface area (Å²) in [5.41, 5.74) is 2.63. The molecule has 24 heavy (non-hydrogen) atoms. The van der Waals surface area contributed by atoms with Gasteiger partial charge in [0.1, 0.15) is 5.52 Å². The Labute approximate surface area is 139 Å². The molecule has 3 aromatic rings. The van der Waals surface area contributed by atoms with E-state index >= 15 is 0 Å². The van der Waals surface area contributed by atoms with E-state index in [-0.39, 0.29) is 11.9 Å².